The highest BCUT2D eigenvalue weighted by Gasteiger charge is 2.37. The molecule has 4 heteroatoms. The lowest BCUT2D eigenvalue weighted by Gasteiger charge is -2.28. The van der Waals surface area contributed by atoms with Crippen molar-refractivity contribution in [3.05, 3.63) is 29.8 Å². The molecule has 0 saturated heterocycles. The van der Waals surface area contributed by atoms with Crippen molar-refractivity contribution in [3.63, 3.8) is 0 Å². The van der Waals surface area contributed by atoms with E-state index in [1.165, 1.54) is 13.5 Å². The van der Waals surface area contributed by atoms with E-state index in [1.54, 1.807) is 25.1 Å². The molecule has 0 bridgehead atoms. The second kappa shape index (κ2) is 7.97. The number of para-hydroxylation sites is 1. The van der Waals surface area contributed by atoms with Gasteiger partial charge in [-0.05, 0) is 37.8 Å². The van der Waals surface area contributed by atoms with Crippen molar-refractivity contribution in [3.8, 4) is 5.75 Å². The molecule has 0 aromatic heterocycles. The summed E-state index contributed by atoms with van der Waals surface area (Å²) in [5.41, 5.74) is 0.466. The first kappa shape index (κ1) is 16.5. The first-order chi connectivity index (χ1) is 10.7. The largest absolute Gasteiger partial charge is 0.496 e. The number of rotatable bonds is 6. The molecule has 0 aliphatic heterocycles. The summed E-state index contributed by atoms with van der Waals surface area (Å²) in [7, 11) is 1.53. The van der Waals surface area contributed by atoms with Crippen LogP contribution in [0.3, 0.4) is 0 Å². The van der Waals surface area contributed by atoms with Crippen LogP contribution in [0.4, 0.5) is 0 Å². The van der Waals surface area contributed by atoms with Gasteiger partial charge in [-0.25, -0.2) is 0 Å². The fourth-order valence-corrected chi connectivity index (χ4v) is 3.23. The maximum Gasteiger partial charge on any atom is 0.317 e. The van der Waals surface area contributed by atoms with Crippen molar-refractivity contribution in [2.45, 2.75) is 39.0 Å². The minimum Gasteiger partial charge on any atom is -0.496 e. The van der Waals surface area contributed by atoms with Crippen molar-refractivity contribution in [2.24, 2.45) is 11.8 Å². The van der Waals surface area contributed by atoms with Crippen LogP contribution in [0.15, 0.2) is 24.3 Å². The number of benzene rings is 1. The van der Waals surface area contributed by atoms with E-state index in [0.717, 1.165) is 25.7 Å². The Kier molecular flexibility index (Phi) is 5.99. The first-order valence-corrected chi connectivity index (χ1v) is 8.03. The molecule has 0 N–H and O–H groups in total. The van der Waals surface area contributed by atoms with Crippen LogP contribution in [-0.4, -0.2) is 25.5 Å². The fraction of sp³-hybridized carbons (Fsp3) is 0.556. The van der Waals surface area contributed by atoms with Gasteiger partial charge in [0.2, 0.25) is 0 Å². The second-order valence-electron chi connectivity index (χ2n) is 5.69. The summed E-state index contributed by atoms with van der Waals surface area (Å²) < 4.78 is 10.4. The molecule has 1 aromatic rings. The zero-order chi connectivity index (χ0) is 15.9. The van der Waals surface area contributed by atoms with E-state index in [-0.39, 0.29) is 11.7 Å². The number of carbonyl (C=O) groups excluding carboxylic acids is 2. The topological polar surface area (TPSA) is 52.6 Å². The second-order valence-corrected chi connectivity index (χ2v) is 5.69. The average molecular weight is 304 g/mol. The van der Waals surface area contributed by atoms with E-state index in [2.05, 4.69) is 0 Å². The molecule has 1 aliphatic carbocycles. The molecule has 0 radical (unpaired) electrons. The van der Waals surface area contributed by atoms with E-state index in [0.29, 0.717) is 17.9 Å². The van der Waals surface area contributed by atoms with Crippen LogP contribution in [0, 0.1) is 11.8 Å². The number of Topliss-reactive ketones (excluding diaryl/α,β-unsaturated/α-hetero) is 1. The van der Waals surface area contributed by atoms with Crippen molar-refractivity contribution in [1.82, 2.24) is 0 Å². The van der Waals surface area contributed by atoms with Gasteiger partial charge in [0.15, 0.2) is 5.78 Å². The van der Waals surface area contributed by atoms with Crippen molar-refractivity contribution >= 4 is 11.8 Å². The highest BCUT2D eigenvalue weighted by Crippen LogP contribution is 2.34. The maximum absolute atomic E-state index is 13.0. The Morgan fingerprint density at radius 2 is 1.86 bits per heavy atom. The molecular weight excluding hydrogens is 280 g/mol. The minimum absolute atomic E-state index is 0.0743. The Balaban J connectivity index is 2.30. The lowest BCUT2D eigenvalue weighted by Crippen LogP contribution is -2.34. The van der Waals surface area contributed by atoms with Crippen molar-refractivity contribution in [2.75, 3.05) is 13.7 Å². The molecular formula is C18H24O4. The maximum atomic E-state index is 13.0. The lowest BCUT2D eigenvalue weighted by atomic mass is 9.76. The third-order valence-corrected chi connectivity index (χ3v) is 4.32. The number of esters is 1. The molecule has 1 saturated carbocycles. The minimum atomic E-state index is -0.712. The molecule has 1 aromatic carbocycles. The summed E-state index contributed by atoms with van der Waals surface area (Å²) in [6, 6.07) is 7.07. The molecule has 0 spiro atoms. The van der Waals surface area contributed by atoms with Crippen molar-refractivity contribution < 1.29 is 19.1 Å². The number of ether oxygens (including phenoxy) is 2. The Morgan fingerprint density at radius 1 is 1.18 bits per heavy atom. The molecule has 1 fully saturated rings. The smallest absolute Gasteiger partial charge is 0.317 e. The molecule has 2 rings (SSSR count). The van der Waals surface area contributed by atoms with Gasteiger partial charge < -0.3 is 9.47 Å². The van der Waals surface area contributed by atoms with E-state index in [4.69, 9.17) is 9.47 Å². The normalized spacial score (nSPS) is 16.8. The molecule has 0 amide bonds. The number of hydrogen-bond donors (Lipinski definition) is 0. The highest BCUT2D eigenvalue weighted by molar-refractivity contribution is 6.10. The summed E-state index contributed by atoms with van der Waals surface area (Å²) in [4.78, 5) is 25.3. The van der Waals surface area contributed by atoms with Crippen LogP contribution in [0.1, 0.15) is 49.4 Å². The third-order valence-electron chi connectivity index (χ3n) is 4.32. The summed E-state index contributed by atoms with van der Waals surface area (Å²) >= 11 is 0. The Hall–Kier alpha value is -1.84. The van der Waals surface area contributed by atoms with E-state index in [1.807, 2.05) is 6.07 Å². The molecule has 1 atom stereocenters. The van der Waals surface area contributed by atoms with Crippen LogP contribution in [0.2, 0.25) is 0 Å². The molecule has 1 unspecified atom stereocenters. The Bertz CT molecular complexity index is 518. The van der Waals surface area contributed by atoms with Gasteiger partial charge in [-0.1, -0.05) is 31.4 Å². The van der Waals surface area contributed by atoms with E-state index < -0.39 is 11.9 Å². The van der Waals surface area contributed by atoms with Gasteiger partial charge in [-0.2, -0.15) is 0 Å². The van der Waals surface area contributed by atoms with Crippen LogP contribution in [-0.2, 0) is 9.53 Å². The molecule has 120 valence electrons. The zero-order valence-corrected chi connectivity index (χ0v) is 13.3. The zero-order valence-electron chi connectivity index (χ0n) is 13.3. The first-order valence-electron chi connectivity index (χ1n) is 8.03. The molecule has 22 heavy (non-hydrogen) atoms. The predicted octanol–water partition coefficient (Wildman–Crippen LogP) is 3.64. The SMILES string of the molecule is CCOC(=O)C(C(=O)c1ccccc1OC)C1CCCCC1. The van der Waals surface area contributed by atoms with Gasteiger partial charge in [-0.3, -0.25) is 9.59 Å². The van der Waals surface area contributed by atoms with Gasteiger partial charge in [-0.15, -0.1) is 0 Å². The monoisotopic (exact) mass is 304 g/mol. The molecule has 4 nitrogen and oxygen atoms in total. The number of ketones is 1. The number of carbonyl (C=O) groups is 2. The van der Waals surface area contributed by atoms with Gasteiger partial charge in [0.1, 0.15) is 11.7 Å². The third kappa shape index (κ3) is 3.67. The van der Waals surface area contributed by atoms with Gasteiger partial charge in [0.05, 0.1) is 19.3 Å². The quantitative estimate of drug-likeness (QED) is 0.457. The summed E-state index contributed by atoms with van der Waals surface area (Å²) in [6.07, 6.45) is 5.13. The van der Waals surface area contributed by atoms with Crippen molar-refractivity contribution in [1.29, 1.82) is 0 Å². The molecule has 1 aliphatic rings. The summed E-state index contributed by atoms with van der Waals surface area (Å²) in [5, 5.41) is 0. The van der Waals surface area contributed by atoms with Crippen LogP contribution < -0.4 is 4.74 Å². The van der Waals surface area contributed by atoms with Gasteiger partial charge >= 0.3 is 5.97 Å². The van der Waals surface area contributed by atoms with E-state index in [9.17, 15) is 9.59 Å². The van der Waals surface area contributed by atoms with Gasteiger partial charge in [0, 0.05) is 0 Å². The Morgan fingerprint density at radius 3 is 2.50 bits per heavy atom. The standard InChI is InChI=1S/C18H24O4/c1-3-22-18(20)16(13-9-5-4-6-10-13)17(19)14-11-7-8-12-15(14)21-2/h7-8,11-13,16H,3-6,9-10H2,1-2H3. The van der Waals surface area contributed by atoms with Gasteiger partial charge in [0.25, 0.3) is 0 Å². The van der Waals surface area contributed by atoms with Crippen LogP contribution in [0.25, 0.3) is 0 Å². The average Bonchev–Trinajstić information content (AvgIpc) is 2.56. The summed E-state index contributed by atoms with van der Waals surface area (Å²) in [6.45, 7) is 2.06. The van der Waals surface area contributed by atoms with E-state index >= 15 is 0 Å². The predicted molar refractivity (Wildman–Crippen MR) is 84.0 cm³/mol. The highest BCUT2D eigenvalue weighted by atomic mass is 16.5. The number of hydrogen-bond acceptors (Lipinski definition) is 4. The van der Waals surface area contributed by atoms with Crippen LogP contribution in [0.5, 0.6) is 5.75 Å². The lowest BCUT2D eigenvalue weighted by molar-refractivity contribution is -0.148. The number of methoxy groups -OCH3 is 1. The molecule has 0 heterocycles. The van der Waals surface area contributed by atoms with Crippen LogP contribution >= 0.6 is 0 Å². The summed E-state index contributed by atoms with van der Waals surface area (Å²) in [5.74, 6) is -0.701. The fourth-order valence-electron chi connectivity index (χ4n) is 3.23. The Labute approximate surface area is 131 Å².